The largest absolute Gasteiger partial charge is 0.478 e. The Bertz CT molecular complexity index is 1510. The van der Waals surface area contributed by atoms with Crippen molar-refractivity contribution in [2.75, 3.05) is 10.3 Å². The number of H-pyrrole nitrogens is 1. The normalized spacial score (nSPS) is 16.4. The van der Waals surface area contributed by atoms with Crippen LogP contribution in [0.3, 0.4) is 0 Å². The number of hydrogen-bond acceptors (Lipinski definition) is 7. The number of halogens is 1. The third-order valence-corrected chi connectivity index (χ3v) is 6.26. The zero-order chi connectivity index (χ0) is 28.6. The number of aromatic carboxylic acids is 1. The summed E-state index contributed by atoms with van der Waals surface area (Å²) in [5.41, 5.74) is 2.53. The van der Waals surface area contributed by atoms with Gasteiger partial charge in [-0.2, -0.15) is 5.10 Å². The van der Waals surface area contributed by atoms with Gasteiger partial charge < -0.3 is 26.6 Å². The van der Waals surface area contributed by atoms with Gasteiger partial charge in [-0.15, -0.1) is 0 Å². The maximum absolute atomic E-state index is 13.0. The van der Waals surface area contributed by atoms with Gasteiger partial charge in [-0.25, -0.2) is 15.6 Å². The number of benzene rings is 2. The lowest BCUT2D eigenvalue weighted by Gasteiger charge is -2.16. The molecule has 0 saturated heterocycles. The molecule has 8 N–H and O–H groups in total. The summed E-state index contributed by atoms with van der Waals surface area (Å²) in [6.45, 7) is 0. The first kappa shape index (κ1) is 28.1. The average molecular weight is 563 g/mol. The first-order valence-corrected chi connectivity index (χ1v) is 12.6. The van der Waals surface area contributed by atoms with E-state index in [1.54, 1.807) is 30.3 Å². The van der Waals surface area contributed by atoms with Crippen molar-refractivity contribution in [3.63, 3.8) is 0 Å². The van der Waals surface area contributed by atoms with Gasteiger partial charge in [-0.1, -0.05) is 23.8 Å². The minimum Gasteiger partial charge on any atom is -0.478 e. The van der Waals surface area contributed by atoms with E-state index in [0.717, 1.165) is 0 Å². The predicted octanol–water partition coefficient (Wildman–Crippen LogP) is 3.56. The second-order valence-electron chi connectivity index (χ2n) is 8.81. The van der Waals surface area contributed by atoms with Crippen LogP contribution in [0, 0.1) is 0 Å². The van der Waals surface area contributed by atoms with Crippen LogP contribution in [-0.2, 0) is 9.59 Å². The highest BCUT2D eigenvalue weighted by Crippen LogP contribution is 2.30. The number of amides is 2. The van der Waals surface area contributed by atoms with Gasteiger partial charge in [0, 0.05) is 28.6 Å². The highest BCUT2D eigenvalue weighted by atomic mass is 35.5. The summed E-state index contributed by atoms with van der Waals surface area (Å²) in [7, 11) is 0. The van der Waals surface area contributed by atoms with Crippen LogP contribution in [0.5, 0.6) is 0 Å². The van der Waals surface area contributed by atoms with Gasteiger partial charge in [0.2, 0.25) is 11.8 Å². The number of carbonyl (C=O) groups excluding carboxylic acids is 2. The molecule has 1 aromatic heterocycles. The summed E-state index contributed by atoms with van der Waals surface area (Å²) in [6, 6.07) is 8.83. The number of fused-ring (bicyclic) bond motifs is 4. The molecule has 40 heavy (non-hydrogen) atoms. The number of nitrogens with two attached hydrogens (primary N) is 2. The number of hydrazone groups is 1. The summed E-state index contributed by atoms with van der Waals surface area (Å²) in [4.78, 5) is 44.6. The molecule has 0 unspecified atom stereocenters. The Labute approximate surface area is 234 Å². The van der Waals surface area contributed by atoms with Gasteiger partial charge in [0.05, 0.1) is 34.9 Å². The van der Waals surface area contributed by atoms with E-state index in [1.807, 2.05) is 12.2 Å². The molecule has 2 aromatic carbocycles. The van der Waals surface area contributed by atoms with Crippen LogP contribution < -0.4 is 27.3 Å². The number of hydrogen-bond donors (Lipinski definition) is 6. The van der Waals surface area contributed by atoms with Crippen molar-refractivity contribution >= 4 is 53.2 Å². The number of imidazole rings is 1. The Morgan fingerprint density at radius 2 is 2.05 bits per heavy atom. The third kappa shape index (κ3) is 6.92. The van der Waals surface area contributed by atoms with E-state index in [4.69, 9.17) is 23.3 Å². The lowest BCUT2D eigenvalue weighted by Crippen LogP contribution is -2.30. The zero-order valence-corrected chi connectivity index (χ0v) is 21.9. The molecule has 0 fully saturated rings. The van der Waals surface area contributed by atoms with Gasteiger partial charge in [-0.05, 0) is 55.3 Å². The quantitative estimate of drug-likeness (QED) is 0.0655. The number of hydrazine groups is 1. The number of aromatic amines is 1. The number of nitrogens with zero attached hydrogens (tertiary/aromatic N) is 3. The number of carboxylic acid groups (broad SMARTS) is 1. The van der Waals surface area contributed by atoms with E-state index in [-0.39, 0.29) is 17.9 Å². The number of anilines is 2. The van der Waals surface area contributed by atoms with Gasteiger partial charge in [0.1, 0.15) is 12.2 Å². The van der Waals surface area contributed by atoms with Gasteiger partial charge in [0.25, 0.3) is 0 Å². The molecule has 13 heteroatoms. The number of carboxylic acids is 1. The topological polar surface area (TPSA) is 192 Å². The molecule has 3 aromatic rings. The second-order valence-corrected chi connectivity index (χ2v) is 9.25. The van der Waals surface area contributed by atoms with E-state index < -0.39 is 17.9 Å². The van der Waals surface area contributed by atoms with Crippen molar-refractivity contribution in [1.82, 2.24) is 15.3 Å². The third-order valence-electron chi connectivity index (χ3n) is 6.02. The van der Waals surface area contributed by atoms with E-state index in [0.29, 0.717) is 51.9 Å². The molecule has 2 amide bonds. The smallest absolute Gasteiger partial charge is 0.335 e. The minimum absolute atomic E-state index is 0.0549. The number of carbonyl (C=O) groups is 3. The lowest BCUT2D eigenvalue weighted by molar-refractivity contribution is -0.117. The average Bonchev–Trinajstić information content (AvgIpc) is 3.41. The van der Waals surface area contributed by atoms with Crippen molar-refractivity contribution in [2.24, 2.45) is 16.8 Å². The standard InChI is InChI=1S/C27H27ClN8O4/c28-18-8-10-23(36(30)15-32-29)16(12-18)7-11-25(38)34-21-4-2-1-3-5-24(37)33-20-9-6-17(27(39)40)13-19(20)22-14-31-26(21)35-22/h1-2,6-15,21H,3-5,29-30H2,(H,31,35)(H,33,37)(H,34,38)(H,39,40)/b2-1+,11-7+,32-15-/t21-/m0/s1. The summed E-state index contributed by atoms with van der Waals surface area (Å²) >= 11 is 6.14. The maximum atomic E-state index is 13.0. The number of nitrogens with one attached hydrogen (secondary N) is 3. The molecule has 1 atom stereocenters. The van der Waals surface area contributed by atoms with E-state index in [2.05, 4.69) is 25.7 Å². The molecule has 0 spiro atoms. The van der Waals surface area contributed by atoms with Crippen molar-refractivity contribution in [2.45, 2.75) is 25.3 Å². The summed E-state index contributed by atoms with van der Waals surface area (Å²) in [5.74, 6) is 9.87. The van der Waals surface area contributed by atoms with Crippen molar-refractivity contribution in [3.05, 3.63) is 82.8 Å². The molecule has 0 aliphatic carbocycles. The van der Waals surface area contributed by atoms with Crippen LogP contribution in [0.4, 0.5) is 11.4 Å². The molecular weight excluding hydrogens is 536 g/mol. The fourth-order valence-corrected chi connectivity index (χ4v) is 4.27. The molecule has 12 nitrogen and oxygen atoms in total. The Kier molecular flexibility index (Phi) is 8.94. The summed E-state index contributed by atoms with van der Waals surface area (Å²) < 4.78 is 0. The van der Waals surface area contributed by atoms with E-state index in [9.17, 15) is 19.5 Å². The van der Waals surface area contributed by atoms with E-state index in [1.165, 1.54) is 35.8 Å². The van der Waals surface area contributed by atoms with Crippen molar-refractivity contribution in [1.29, 1.82) is 0 Å². The summed E-state index contributed by atoms with van der Waals surface area (Å²) in [5, 5.41) is 20.3. The minimum atomic E-state index is -1.10. The Morgan fingerprint density at radius 3 is 2.83 bits per heavy atom. The second kappa shape index (κ2) is 12.7. The first-order chi connectivity index (χ1) is 19.2. The summed E-state index contributed by atoms with van der Waals surface area (Å²) in [6.07, 6.45) is 10.5. The molecular formula is C27H27ClN8O4. The van der Waals surface area contributed by atoms with Crippen LogP contribution in [0.2, 0.25) is 5.02 Å². The maximum Gasteiger partial charge on any atom is 0.335 e. The van der Waals surface area contributed by atoms with Crippen molar-refractivity contribution in [3.8, 4) is 11.3 Å². The number of aromatic nitrogens is 2. The molecule has 4 rings (SSSR count). The van der Waals surface area contributed by atoms with Crippen LogP contribution in [0.1, 0.15) is 47.1 Å². The molecule has 206 valence electrons. The first-order valence-electron chi connectivity index (χ1n) is 12.2. The molecule has 2 bridgehead atoms. The fourth-order valence-electron chi connectivity index (χ4n) is 4.09. The van der Waals surface area contributed by atoms with E-state index >= 15 is 0 Å². The monoisotopic (exact) mass is 562 g/mol. The van der Waals surface area contributed by atoms with Crippen LogP contribution in [0.15, 0.2) is 65.9 Å². The van der Waals surface area contributed by atoms with Crippen LogP contribution in [0.25, 0.3) is 17.3 Å². The SMILES string of the molecule is N/N=C\N(N)c1ccc(Cl)cc1/C=C/C(=O)N[C@H]1C/C=C/CCC(=O)Nc2ccc(C(=O)O)cc2-c2cnc1[nH]2. The fraction of sp³-hybridized carbons (Fsp3) is 0.148. The van der Waals surface area contributed by atoms with Crippen LogP contribution in [-0.4, -0.2) is 39.2 Å². The van der Waals surface area contributed by atoms with Crippen molar-refractivity contribution < 1.29 is 19.5 Å². The highest BCUT2D eigenvalue weighted by molar-refractivity contribution is 6.30. The molecule has 2 heterocycles. The zero-order valence-electron chi connectivity index (χ0n) is 21.2. The van der Waals surface area contributed by atoms with Gasteiger partial charge in [0.15, 0.2) is 0 Å². The number of allylic oxidation sites excluding steroid dienone is 1. The number of rotatable bonds is 6. The Morgan fingerprint density at radius 1 is 1.23 bits per heavy atom. The molecule has 0 saturated carbocycles. The predicted molar refractivity (Wildman–Crippen MR) is 153 cm³/mol. The van der Waals surface area contributed by atoms with Gasteiger partial charge in [-0.3, -0.25) is 14.6 Å². The van der Waals surface area contributed by atoms with Gasteiger partial charge >= 0.3 is 5.97 Å². The highest BCUT2D eigenvalue weighted by Gasteiger charge is 2.20. The Hall–Kier alpha value is -4.94. The van der Waals surface area contributed by atoms with Crippen LogP contribution >= 0.6 is 11.6 Å². The molecule has 1 aliphatic heterocycles. The molecule has 0 radical (unpaired) electrons. The molecule has 1 aliphatic rings. The lowest BCUT2D eigenvalue weighted by atomic mass is 10.1. The Balaban J connectivity index is 1.63.